The van der Waals surface area contributed by atoms with Gasteiger partial charge in [-0.25, -0.2) is 0 Å². The summed E-state index contributed by atoms with van der Waals surface area (Å²) in [5.74, 6) is -0.890. The molecule has 4 aliphatic rings. The van der Waals surface area contributed by atoms with Crippen molar-refractivity contribution in [1.29, 1.82) is 0 Å². The first-order valence-electron chi connectivity index (χ1n) is 13.5. The van der Waals surface area contributed by atoms with E-state index in [1.54, 1.807) is 13.0 Å². The van der Waals surface area contributed by atoms with Gasteiger partial charge in [-0.2, -0.15) is 0 Å². The minimum atomic E-state index is -1.44. The molecule has 12 atom stereocenters. The van der Waals surface area contributed by atoms with Crippen molar-refractivity contribution in [3.8, 4) is 0 Å². The van der Waals surface area contributed by atoms with Crippen molar-refractivity contribution in [2.24, 2.45) is 40.4 Å². The third-order valence-corrected chi connectivity index (χ3v) is 11.4. The Kier molecular flexibility index (Phi) is 6.91. The van der Waals surface area contributed by atoms with E-state index in [0.717, 1.165) is 0 Å². The van der Waals surface area contributed by atoms with Crippen LogP contribution in [0.25, 0.3) is 0 Å². The molecule has 0 unspecified atom stereocenters. The Morgan fingerprint density at radius 3 is 2.37 bits per heavy atom. The van der Waals surface area contributed by atoms with Crippen molar-refractivity contribution in [3.05, 3.63) is 11.6 Å². The molecule has 0 amide bonds. The summed E-state index contributed by atoms with van der Waals surface area (Å²) in [6.07, 6.45) is 2.00. The molecule has 7 heteroatoms. The van der Waals surface area contributed by atoms with E-state index >= 15 is 0 Å². The minimum absolute atomic E-state index is 0.00319. The van der Waals surface area contributed by atoms with Crippen molar-refractivity contribution in [2.75, 3.05) is 6.61 Å². The lowest BCUT2D eigenvalue weighted by molar-refractivity contribution is -0.177. The van der Waals surface area contributed by atoms with E-state index in [-0.39, 0.29) is 48.4 Å². The summed E-state index contributed by atoms with van der Waals surface area (Å²) in [5, 5.41) is 65.3. The lowest BCUT2D eigenvalue weighted by Crippen LogP contribution is -2.63. The Hall–Kier alpha value is -0.830. The van der Waals surface area contributed by atoms with Gasteiger partial charge < -0.3 is 30.6 Å². The van der Waals surface area contributed by atoms with E-state index in [1.165, 1.54) is 0 Å². The van der Waals surface area contributed by atoms with Crippen LogP contribution in [0.15, 0.2) is 11.6 Å². The Bertz CT molecular complexity index is 869. The number of aliphatic hydroxyl groups is 6. The van der Waals surface area contributed by atoms with Gasteiger partial charge in [-0.15, -0.1) is 0 Å². The number of hydrogen-bond donors (Lipinski definition) is 6. The second-order valence-corrected chi connectivity index (χ2v) is 13.2. The third kappa shape index (κ3) is 3.88. The van der Waals surface area contributed by atoms with Crippen molar-refractivity contribution < 1.29 is 35.4 Å². The van der Waals surface area contributed by atoms with E-state index in [1.807, 2.05) is 27.7 Å². The number of hydrogen-bond acceptors (Lipinski definition) is 7. The zero-order valence-corrected chi connectivity index (χ0v) is 21.9. The fourth-order valence-corrected chi connectivity index (χ4v) is 8.54. The largest absolute Gasteiger partial charge is 0.396 e. The molecule has 3 saturated carbocycles. The first-order valence-corrected chi connectivity index (χ1v) is 13.5. The van der Waals surface area contributed by atoms with Gasteiger partial charge in [0.2, 0.25) is 0 Å². The van der Waals surface area contributed by atoms with Gasteiger partial charge in [0.25, 0.3) is 0 Å². The van der Waals surface area contributed by atoms with Crippen molar-refractivity contribution >= 4 is 5.78 Å². The van der Waals surface area contributed by atoms with Crippen LogP contribution in [-0.2, 0) is 4.79 Å². The lowest BCUT2D eigenvalue weighted by Gasteiger charge is -2.60. The molecule has 0 aromatic rings. The summed E-state index contributed by atoms with van der Waals surface area (Å²) in [6, 6.07) is 0. The standard InChI is InChI=1S/C28H46O7/c1-15(16(2)14-29)10-24(33)27(5,34)23-7-9-28(35)18-11-20(30)19-12-21(31)22(32)13-25(19,3)17(18)6-8-26(23,28)4/h11,15-17,19,21-24,29,31-35H,6-10,12-14H2,1-5H3/t15-,16+,17+,19+,21-,22+,23+,24-,25-,26-,27-,28-/m1/s1. The molecule has 0 aliphatic heterocycles. The van der Waals surface area contributed by atoms with Crippen LogP contribution in [-0.4, -0.2) is 72.5 Å². The number of allylic oxidation sites excluding steroid dienone is 1. The molecule has 35 heavy (non-hydrogen) atoms. The molecular formula is C28H46O7. The van der Waals surface area contributed by atoms with Crippen LogP contribution in [0.2, 0.25) is 0 Å². The zero-order chi connectivity index (χ0) is 26.1. The maximum Gasteiger partial charge on any atom is 0.159 e. The molecular weight excluding hydrogens is 448 g/mol. The minimum Gasteiger partial charge on any atom is -0.396 e. The summed E-state index contributed by atoms with van der Waals surface area (Å²) >= 11 is 0. The second-order valence-electron chi connectivity index (χ2n) is 13.2. The Morgan fingerprint density at radius 1 is 1.09 bits per heavy atom. The fourth-order valence-electron chi connectivity index (χ4n) is 8.54. The number of aliphatic hydroxyl groups excluding tert-OH is 4. The maximum atomic E-state index is 13.3. The summed E-state index contributed by atoms with van der Waals surface area (Å²) in [7, 11) is 0. The molecule has 7 nitrogen and oxygen atoms in total. The molecule has 0 radical (unpaired) electrons. The fraction of sp³-hybridized carbons (Fsp3) is 0.893. The molecule has 0 heterocycles. The summed E-state index contributed by atoms with van der Waals surface area (Å²) in [6.45, 7) is 9.57. The second kappa shape index (κ2) is 8.88. The van der Waals surface area contributed by atoms with Crippen LogP contribution >= 0.6 is 0 Å². The topological polar surface area (TPSA) is 138 Å². The third-order valence-electron chi connectivity index (χ3n) is 11.4. The van der Waals surface area contributed by atoms with Crippen molar-refractivity contribution in [1.82, 2.24) is 0 Å². The number of rotatable bonds is 6. The number of ketones is 1. The van der Waals surface area contributed by atoms with Crippen LogP contribution in [0.4, 0.5) is 0 Å². The molecule has 0 spiro atoms. The van der Waals surface area contributed by atoms with E-state index in [4.69, 9.17) is 0 Å². The van der Waals surface area contributed by atoms with Crippen LogP contribution in [0.3, 0.4) is 0 Å². The van der Waals surface area contributed by atoms with Gasteiger partial charge in [0.15, 0.2) is 5.78 Å². The molecule has 6 N–H and O–H groups in total. The molecule has 4 rings (SSSR count). The number of fused-ring (bicyclic) bond motifs is 5. The van der Waals surface area contributed by atoms with Gasteiger partial charge in [0.05, 0.1) is 29.5 Å². The first-order chi connectivity index (χ1) is 16.1. The molecule has 3 fully saturated rings. The number of carbonyl (C=O) groups is 1. The van der Waals surface area contributed by atoms with Crippen molar-refractivity contribution in [3.63, 3.8) is 0 Å². The lowest BCUT2D eigenvalue weighted by atomic mass is 9.45. The van der Waals surface area contributed by atoms with E-state index in [0.29, 0.717) is 44.1 Å². The molecule has 200 valence electrons. The maximum absolute atomic E-state index is 13.3. The molecule has 0 saturated heterocycles. The number of carbonyl (C=O) groups excluding carboxylic acids is 1. The highest BCUT2D eigenvalue weighted by molar-refractivity contribution is 5.95. The van der Waals surface area contributed by atoms with Gasteiger partial charge >= 0.3 is 0 Å². The van der Waals surface area contributed by atoms with Gasteiger partial charge in [0, 0.05) is 17.9 Å². The summed E-state index contributed by atoms with van der Waals surface area (Å²) in [4.78, 5) is 13.3. The van der Waals surface area contributed by atoms with E-state index < -0.39 is 40.3 Å². The average molecular weight is 495 g/mol. The molecule has 4 aliphatic carbocycles. The molecule has 0 bridgehead atoms. The van der Waals surface area contributed by atoms with E-state index in [9.17, 15) is 35.4 Å². The Balaban J connectivity index is 1.66. The SMILES string of the molecule is C[C@H](C[C@@H](O)[C@](C)(O)[C@H]1CC[C@@]2(O)C3=CC(=O)[C@@H]4C[C@@H](O)[C@@H](O)C[C@]4(C)[C@H]3CC[C@]12C)[C@@H](C)CO. The smallest absolute Gasteiger partial charge is 0.159 e. The van der Waals surface area contributed by atoms with Crippen LogP contribution < -0.4 is 0 Å². The predicted molar refractivity (Wildman–Crippen MR) is 131 cm³/mol. The van der Waals surface area contributed by atoms with Crippen LogP contribution in [0.5, 0.6) is 0 Å². The van der Waals surface area contributed by atoms with Gasteiger partial charge in [-0.1, -0.05) is 27.7 Å². The quantitative estimate of drug-likeness (QED) is 0.332. The summed E-state index contributed by atoms with van der Waals surface area (Å²) in [5.41, 5.74) is -3.26. The Labute approximate surface area is 209 Å². The van der Waals surface area contributed by atoms with E-state index in [2.05, 4.69) is 0 Å². The average Bonchev–Trinajstić information content (AvgIpc) is 3.07. The van der Waals surface area contributed by atoms with Gasteiger partial charge in [0.1, 0.15) is 0 Å². The highest BCUT2D eigenvalue weighted by atomic mass is 16.3. The molecule has 0 aromatic heterocycles. The first kappa shape index (κ1) is 27.2. The van der Waals surface area contributed by atoms with Crippen LogP contribution in [0.1, 0.15) is 79.6 Å². The zero-order valence-electron chi connectivity index (χ0n) is 21.9. The van der Waals surface area contributed by atoms with Gasteiger partial charge in [-0.05, 0) is 92.6 Å². The monoisotopic (exact) mass is 494 g/mol. The summed E-state index contributed by atoms with van der Waals surface area (Å²) < 4.78 is 0. The molecule has 0 aromatic carbocycles. The predicted octanol–water partition coefficient (Wildman–Crippen LogP) is 1.96. The van der Waals surface area contributed by atoms with Crippen LogP contribution in [0, 0.1) is 40.4 Å². The highest BCUT2D eigenvalue weighted by Gasteiger charge is 2.69. The van der Waals surface area contributed by atoms with Crippen molar-refractivity contribution in [2.45, 2.75) is 109 Å². The highest BCUT2D eigenvalue weighted by Crippen LogP contribution is 2.68. The normalized spacial score (nSPS) is 47.6. The van der Waals surface area contributed by atoms with Gasteiger partial charge in [-0.3, -0.25) is 4.79 Å². The Morgan fingerprint density at radius 2 is 1.74 bits per heavy atom.